The molecule has 2 aromatic rings. The molecule has 0 aliphatic heterocycles. The quantitative estimate of drug-likeness (QED) is 0.788. The van der Waals surface area contributed by atoms with E-state index in [1.807, 2.05) is 49.4 Å². The summed E-state index contributed by atoms with van der Waals surface area (Å²) in [6.07, 6.45) is 1.44. The SMILES string of the molecule is C/C(=C\C#N)Nc1cc(-c2ccccc2)[nH]n1. The number of aromatic nitrogens is 2. The van der Waals surface area contributed by atoms with Crippen LogP contribution in [0.4, 0.5) is 5.82 Å². The minimum Gasteiger partial charge on any atom is -0.342 e. The molecule has 0 saturated carbocycles. The summed E-state index contributed by atoms with van der Waals surface area (Å²) in [7, 11) is 0. The van der Waals surface area contributed by atoms with Gasteiger partial charge in [-0.2, -0.15) is 10.4 Å². The minimum atomic E-state index is 0.702. The lowest BCUT2D eigenvalue weighted by atomic mass is 10.1. The third-order valence-electron chi connectivity index (χ3n) is 2.27. The van der Waals surface area contributed by atoms with Crippen LogP contribution in [0.2, 0.25) is 0 Å². The minimum absolute atomic E-state index is 0.702. The van der Waals surface area contributed by atoms with Crippen LogP contribution in [0.5, 0.6) is 0 Å². The van der Waals surface area contributed by atoms with Crippen LogP contribution < -0.4 is 5.32 Å². The van der Waals surface area contributed by atoms with Gasteiger partial charge in [-0.25, -0.2) is 0 Å². The van der Waals surface area contributed by atoms with Gasteiger partial charge in [0.05, 0.1) is 11.8 Å². The Morgan fingerprint density at radius 3 is 2.88 bits per heavy atom. The molecule has 1 aromatic carbocycles. The van der Waals surface area contributed by atoms with Crippen LogP contribution in [0.15, 0.2) is 48.2 Å². The number of aromatic amines is 1. The van der Waals surface area contributed by atoms with E-state index in [-0.39, 0.29) is 0 Å². The lowest BCUT2D eigenvalue weighted by Gasteiger charge is -1.98. The summed E-state index contributed by atoms with van der Waals surface area (Å²) in [5, 5.41) is 18.6. The van der Waals surface area contributed by atoms with Crippen molar-refractivity contribution in [2.45, 2.75) is 6.92 Å². The van der Waals surface area contributed by atoms with Gasteiger partial charge in [0.15, 0.2) is 5.82 Å². The average Bonchev–Trinajstić information content (AvgIpc) is 2.79. The maximum Gasteiger partial charge on any atom is 0.152 e. The van der Waals surface area contributed by atoms with Crippen molar-refractivity contribution in [2.24, 2.45) is 0 Å². The molecular formula is C13H12N4. The molecule has 0 unspecified atom stereocenters. The number of nitrogens with zero attached hydrogens (tertiary/aromatic N) is 2. The molecule has 0 radical (unpaired) electrons. The molecule has 0 bridgehead atoms. The normalized spacial score (nSPS) is 10.9. The second kappa shape index (κ2) is 4.99. The Morgan fingerprint density at radius 2 is 2.18 bits per heavy atom. The van der Waals surface area contributed by atoms with Crippen molar-refractivity contribution in [3.8, 4) is 17.3 Å². The smallest absolute Gasteiger partial charge is 0.152 e. The molecule has 0 aliphatic rings. The summed E-state index contributed by atoms with van der Waals surface area (Å²) >= 11 is 0. The molecule has 84 valence electrons. The number of nitriles is 1. The van der Waals surface area contributed by atoms with E-state index >= 15 is 0 Å². The zero-order chi connectivity index (χ0) is 12.1. The maximum absolute atomic E-state index is 8.50. The Morgan fingerprint density at radius 1 is 1.41 bits per heavy atom. The van der Waals surface area contributed by atoms with Crippen LogP contribution in [0.3, 0.4) is 0 Å². The average molecular weight is 224 g/mol. The van der Waals surface area contributed by atoms with Gasteiger partial charge in [-0.15, -0.1) is 0 Å². The number of hydrogen-bond acceptors (Lipinski definition) is 3. The Kier molecular flexibility index (Phi) is 3.22. The van der Waals surface area contributed by atoms with Crippen LogP contribution in [-0.2, 0) is 0 Å². The van der Waals surface area contributed by atoms with Gasteiger partial charge in [0.2, 0.25) is 0 Å². The summed E-state index contributed by atoms with van der Waals surface area (Å²) in [6, 6.07) is 13.8. The zero-order valence-electron chi connectivity index (χ0n) is 9.44. The molecule has 0 fully saturated rings. The van der Waals surface area contributed by atoms with Crippen molar-refractivity contribution < 1.29 is 0 Å². The number of nitrogens with one attached hydrogen (secondary N) is 2. The summed E-state index contributed by atoms with van der Waals surface area (Å²) in [6.45, 7) is 1.82. The second-order valence-electron chi connectivity index (χ2n) is 3.61. The molecule has 0 atom stereocenters. The van der Waals surface area contributed by atoms with E-state index in [0.29, 0.717) is 5.82 Å². The van der Waals surface area contributed by atoms with Gasteiger partial charge in [-0.1, -0.05) is 30.3 Å². The molecule has 1 aromatic heterocycles. The summed E-state index contributed by atoms with van der Waals surface area (Å²) < 4.78 is 0. The van der Waals surface area contributed by atoms with Crippen LogP contribution in [0.1, 0.15) is 6.92 Å². The van der Waals surface area contributed by atoms with Gasteiger partial charge in [0, 0.05) is 17.8 Å². The fourth-order valence-electron chi connectivity index (χ4n) is 1.49. The molecule has 17 heavy (non-hydrogen) atoms. The number of hydrogen-bond donors (Lipinski definition) is 2. The van der Waals surface area contributed by atoms with Gasteiger partial charge >= 0.3 is 0 Å². The van der Waals surface area contributed by atoms with Crippen LogP contribution in [0, 0.1) is 11.3 Å². The first kappa shape index (κ1) is 11.0. The highest BCUT2D eigenvalue weighted by Crippen LogP contribution is 2.19. The number of H-pyrrole nitrogens is 1. The largest absolute Gasteiger partial charge is 0.342 e. The van der Waals surface area contributed by atoms with Crippen molar-refractivity contribution in [1.29, 1.82) is 5.26 Å². The highest BCUT2D eigenvalue weighted by Gasteiger charge is 2.02. The molecule has 0 amide bonds. The van der Waals surface area contributed by atoms with E-state index in [1.54, 1.807) is 0 Å². The van der Waals surface area contributed by atoms with E-state index < -0.39 is 0 Å². The van der Waals surface area contributed by atoms with Gasteiger partial charge in [-0.05, 0) is 12.5 Å². The number of anilines is 1. The van der Waals surface area contributed by atoms with E-state index in [0.717, 1.165) is 17.0 Å². The molecule has 0 aliphatic carbocycles. The fraction of sp³-hybridized carbons (Fsp3) is 0.0769. The topological polar surface area (TPSA) is 64.5 Å². The zero-order valence-corrected chi connectivity index (χ0v) is 9.44. The highest BCUT2D eigenvalue weighted by atomic mass is 15.2. The lowest BCUT2D eigenvalue weighted by Crippen LogP contribution is -1.94. The molecule has 0 saturated heterocycles. The third-order valence-corrected chi connectivity index (χ3v) is 2.27. The Balaban J connectivity index is 2.18. The molecule has 1 heterocycles. The Hall–Kier alpha value is -2.54. The number of rotatable bonds is 3. The van der Waals surface area contributed by atoms with Crippen LogP contribution in [-0.4, -0.2) is 10.2 Å². The molecule has 2 N–H and O–H groups in total. The monoisotopic (exact) mass is 224 g/mol. The predicted molar refractivity (Wildman–Crippen MR) is 67.0 cm³/mol. The van der Waals surface area contributed by atoms with E-state index in [2.05, 4.69) is 15.5 Å². The number of benzene rings is 1. The first-order valence-electron chi connectivity index (χ1n) is 5.24. The van der Waals surface area contributed by atoms with Gasteiger partial charge in [0.1, 0.15) is 0 Å². The second-order valence-corrected chi connectivity index (χ2v) is 3.61. The fourth-order valence-corrected chi connectivity index (χ4v) is 1.49. The van der Waals surface area contributed by atoms with E-state index in [9.17, 15) is 0 Å². The van der Waals surface area contributed by atoms with Crippen molar-refractivity contribution in [2.75, 3.05) is 5.32 Å². The van der Waals surface area contributed by atoms with Gasteiger partial charge < -0.3 is 5.32 Å². The summed E-state index contributed by atoms with van der Waals surface area (Å²) in [5.74, 6) is 0.702. The van der Waals surface area contributed by atoms with E-state index in [1.165, 1.54) is 6.08 Å². The number of allylic oxidation sites excluding steroid dienone is 2. The third kappa shape index (κ3) is 2.73. The highest BCUT2D eigenvalue weighted by molar-refractivity contribution is 5.63. The van der Waals surface area contributed by atoms with Crippen LogP contribution >= 0.6 is 0 Å². The van der Waals surface area contributed by atoms with Crippen molar-refractivity contribution in [3.05, 3.63) is 48.2 Å². The summed E-state index contributed by atoms with van der Waals surface area (Å²) in [4.78, 5) is 0. The van der Waals surface area contributed by atoms with Crippen LogP contribution in [0.25, 0.3) is 11.3 Å². The standard InChI is InChI=1S/C13H12N4/c1-10(7-8-14)15-13-9-12(16-17-13)11-5-3-2-4-6-11/h2-7,9H,1H3,(H2,15,16,17)/b10-7+. The maximum atomic E-state index is 8.50. The molecule has 4 heteroatoms. The van der Waals surface area contributed by atoms with Crippen molar-refractivity contribution >= 4 is 5.82 Å². The Labute approximate surface area is 99.6 Å². The molecular weight excluding hydrogens is 212 g/mol. The molecule has 2 rings (SSSR count). The van der Waals surface area contributed by atoms with Gasteiger partial charge in [0.25, 0.3) is 0 Å². The van der Waals surface area contributed by atoms with Crippen molar-refractivity contribution in [1.82, 2.24) is 10.2 Å². The molecule has 0 spiro atoms. The van der Waals surface area contributed by atoms with Crippen molar-refractivity contribution in [3.63, 3.8) is 0 Å². The summed E-state index contributed by atoms with van der Waals surface area (Å²) in [5.41, 5.74) is 2.78. The first-order valence-corrected chi connectivity index (χ1v) is 5.24. The predicted octanol–water partition coefficient (Wildman–Crippen LogP) is 2.92. The van der Waals surface area contributed by atoms with Gasteiger partial charge in [-0.3, -0.25) is 5.10 Å². The van der Waals surface area contributed by atoms with E-state index in [4.69, 9.17) is 5.26 Å². The lowest BCUT2D eigenvalue weighted by molar-refractivity contribution is 1.09. The molecule has 4 nitrogen and oxygen atoms in total. The Bertz CT molecular complexity index is 561. The first-order chi connectivity index (χ1) is 8.29.